The van der Waals surface area contributed by atoms with Crippen molar-refractivity contribution in [1.29, 1.82) is 0 Å². The van der Waals surface area contributed by atoms with E-state index >= 15 is 0 Å². The van der Waals surface area contributed by atoms with Gasteiger partial charge in [-0.25, -0.2) is 17.9 Å². The minimum atomic E-state index is -3.53. The molecule has 124 valence electrons. The molecule has 0 fully saturated rings. The van der Waals surface area contributed by atoms with Gasteiger partial charge in [0.25, 0.3) is 0 Å². The summed E-state index contributed by atoms with van der Waals surface area (Å²) in [5.41, 5.74) is -0.0758. The predicted molar refractivity (Wildman–Crippen MR) is 85.4 cm³/mol. The number of hydrogen-bond donors (Lipinski definition) is 3. The van der Waals surface area contributed by atoms with Crippen LogP contribution >= 0.6 is 0 Å². The fourth-order valence-corrected chi connectivity index (χ4v) is 2.54. The number of ether oxygens (including phenoxy) is 1. The van der Waals surface area contributed by atoms with Gasteiger partial charge in [-0.15, -0.1) is 0 Å². The van der Waals surface area contributed by atoms with Gasteiger partial charge < -0.3 is 15.4 Å². The van der Waals surface area contributed by atoms with Crippen LogP contribution in [0.5, 0.6) is 0 Å². The van der Waals surface area contributed by atoms with Crippen molar-refractivity contribution in [3.63, 3.8) is 0 Å². The number of carbonyl (C=O) groups excluding carboxylic acids is 1. The van der Waals surface area contributed by atoms with Gasteiger partial charge in [-0.3, -0.25) is 0 Å². The van der Waals surface area contributed by atoms with Gasteiger partial charge in [0.15, 0.2) is 0 Å². The molecule has 0 spiro atoms. The largest absolute Gasteiger partial charge is 0.444 e. The van der Waals surface area contributed by atoms with Gasteiger partial charge in [0.05, 0.1) is 5.69 Å². The molecular formula is C14H23N3O4S. The first-order valence-corrected chi connectivity index (χ1v) is 8.37. The quantitative estimate of drug-likeness (QED) is 0.688. The summed E-state index contributed by atoms with van der Waals surface area (Å²) in [7, 11) is -2.17. The van der Waals surface area contributed by atoms with Gasteiger partial charge >= 0.3 is 6.09 Å². The van der Waals surface area contributed by atoms with Crippen LogP contribution in [0.15, 0.2) is 29.2 Å². The maximum Gasteiger partial charge on any atom is 0.407 e. The van der Waals surface area contributed by atoms with Crippen LogP contribution in [0.3, 0.4) is 0 Å². The zero-order valence-electron chi connectivity index (χ0n) is 13.3. The Morgan fingerprint density at radius 1 is 1.18 bits per heavy atom. The van der Waals surface area contributed by atoms with Crippen LogP contribution in [-0.4, -0.2) is 40.2 Å². The highest BCUT2D eigenvalue weighted by molar-refractivity contribution is 7.89. The van der Waals surface area contributed by atoms with Crippen LogP contribution in [0.2, 0.25) is 0 Å². The number of rotatable bonds is 6. The lowest BCUT2D eigenvalue weighted by Gasteiger charge is -2.19. The number of anilines is 1. The van der Waals surface area contributed by atoms with Crippen LogP contribution in [0.1, 0.15) is 20.8 Å². The molecule has 0 aliphatic carbocycles. The molecule has 8 heteroatoms. The first-order valence-electron chi connectivity index (χ1n) is 6.89. The van der Waals surface area contributed by atoms with Gasteiger partial charge in [-0.05, 0) is 40.0 Å². The number of amides is 1. The second kappa shape index (κ2) is 7.46. The summed E-state index contributed by atoms with van der Waals surface area (Å²) in [6, 6.07) is 6.56. The van der Waals surface area contributed by atoms with E-state index in [-0.39, 0.29) is 4.90 Å². The summed E-state index contributed by atoms with van der Waals surface area (Å²) in [5, 5.41) is 5.58. The molecule has 1 aromatic carbocycles. The Morgan fingerprint density at radius 2 is 1.82 bits per heavy atom. The molecular weight excluding hydrogens is 306 g/mol. The summed E-state index contributed by atoms with van der Waals surface area (Å²) in [4.78, 5) is 11.6. The molecule has 1 aromatic rings. The molecule has 0 radical (unpaired) electrons. The maximum atomic E-state index is 11.9. The van der Waals surface area contributed by atoms with Crippen molar-refractivity contribution in [3.05, 3.63) is 24.3 Å². The molecule has 0 unspecified atom stereocenters. The van der Waals surface area contributed by atoms with Crippen molar-refractivity contribution < 1.29 is 17.9 Å². The molecule has 0 bridgehead atoms. The third-order valence-corrected chi connectivity index (χ3v) is 4.03. The van der Waals surface area contributed by atoms with Gasteiger partial charge in [-0.2, -0.15) is 0 Å². The molecule has 1 amide bonds. The first kappa shape index (κ1) is 18.2. The average molecular weight is 329 g/mol. The van der Waals surface area contributed by atoms with Crippen LogP contribution < -0.4 is 15.4 Å². The molecule has 22 heavy (non-hydrogen) atoms. The highest BCUT2D eigenvalue weighted by Gasteiger charge is 2.17. The van der Waals surface area contributed by atoms with E-state index in [0.717, 1.165) is 0 Å². The van der Waals surface area contributed by atoms with E-state index in [1.807, 2.05) is 0 Å². The van der Waals surface area contributed by atoms with E-state index in [4.69, 9.17) is 4.74 Å². The molecule has 0 saturated carbocycles. The second-order valence-corrected chi connectivity index (χ2v) is 7.41. The monoisotopic (exact) mass is 329 g/mol. The highest BCUT2D eigenvalue weighted by atomic mass is 32.2. The minimum Gasteiger partial charge on any atom is -0.444 e. The Labute approximate surface area is 131 Å². The zero-order chi connectivity index (χ0) is 16.8. The Bertz CT molecular complexity index is 609. The lowest BCUT2D eigenvalue weighted by molar-refractivity contribution is 0.0530. The van der Waals surface area contributed by atoms with E-state index in [9.17, 15) is 13.2 Å². The van der Waals surface area contributed by atoms with Crippen molar-refractivity contribution in [2.75, 3.05) is 25.5 Å². The van der Waals surface area contributed by atoms with Crippen molar-refractivity contribution in [2.45, 2.75) is 31.3 Å². The van der Waals surface area contributed by atoms with Gasteiger partial charge in [0.2, 0.25) is 10.0 Å². The van der Waals surface area contributed by atoms with Crippen LogP contribution in [0.25, 0.3) is 0 Å². The zero-order valence-corrected chi connectivity index (χ0v) is 14.1. The lowest BCUT2D eigenvalue weighted by atomic mass is 10.2. The highest BCUT2D eigenvalue weighted by Crippen LogP contribution is 2.19. The van der Waals surface area contributed by atoms with Crippen LogP contribution in [0, 0.1) is 0 Å². The van der Waals surface area contributed by atoms with E-state index in [1.165, 1.54) is 13.1 Å². The third kappa shape index (κ3) is 5.90. The first-order chi connectivity index (χ1) is 10.2. The van der Waals surface area contributed by atoms with Crippen molar-refractivity contribution >= 4 is 21.8 Å². The molecule has 0 aliphatic rings. The Hall–Kier alpha value is -1.80. The molecule has 0 aromatic heterocycles. The fraction of sp³-hybridized carbons (Fsp3) is 0.500. The van der Waals surface area contributed by atoms with E-state index in [1.54, 1.807) is 39.0 Å². The number of benzene rings is 1. The molecule has 0 heterocycles. The molecule has 1 rings (SSSR count). The second-order valence-electron chi connectivity index (χ2n) is 5.56. The van der Waals surface area contributed by atoms with Gasteiger partial charge in [-0.1, -0.05) is 12.1 Å². The predicted octanol–water partition coefficient (Wildman–Crippen LogP) is 1.53. The smallest absolute Gasteiger partial charge is 0.407 e. The number of carbonyl (C=O) groups is 1. The average Bonchev–Trinajstić information content (AvgIpc) is 2.42. The summed E-state index contributed by atoms with van der Waals surface area (Å²) in [5.74, 6) is 0. The third-order valence-electron chi connectivity index (χ3n) is 2.55. The molecule has 0 aliphatic heterocycles. The van der Waals surface area contributed by atoms with Crippen LogP contribution in [-0.2, 0) is 14.8 Å². The summed E-state index contributed by atoms with van der Waals surface area (Å²) in [6.45, 7) is 6.02. The van der Waals surface area contributed by atoms with Crippen LogP contribution in [0.4, 0.5) is 10.5 Å². The van der Waals surface area contributed by atoms with E-state index in [0.29, 0.717) is 18.8 Å². The normalized spacial score (nSPS) is 11.8. The Morgan fingerprint density at radius 3 is 2.41 bits per heavy atom. The molecule has 3 N–H and O–H groups in total. The standard InChI is InChI=1S/C14H23N3O4S/c1-14(2,3)21-13(18)17-10-9-16-11-7-5-6-8-12(11)22(19,20)15-4/h5-8,15-16H,9-10H2,1-4H3,(H,17,18). The fourth-order valence-electron chi connectivity index (χ4n) is 1.63. The number of alkyl carbamates (subject to hydrolysis) is 1. The van der Waals surface area contributed by atoms with E-state index < -0.39 is 21.7 Å². The number of hydrogen-bond acceptors (Lipinski definition) is 5. The maximum absolute atomic E-state index is 11.9. The summed E-state index contributed by atoms with van der Waals surface area (Å²) < 4.78 is 31.1. The molecule has 0 saturated heterocycles. The molecule has 0 atom stereocenters. The summed E-state index contributed by atoms with van der Waals surface area (Å²) >= 11 is 0. The van der Waals surface area contributed by atoms with E-state index in [2.05, 4.69) is 15.4 Å². The van der Waals surface area contributed by atoms with Gasteiger partial charge in [0, 0.05) is 13.1 Å². The van der Waals surface area contributed by atoms with Crippen molar-refractivity contribution in [1.82, 2.24) is 10.0 Å². The van der Waals surface area contributed by atoms with Crippen molar-refractivity contribution in [2.24, 2.45) is 0 Å². The summed E-state index contributed by atoms with van der Waals surface area (Å²) in [6.07, 6.45) is -0.509. The lowest BCUT2D eigenvalue weighted by Crippen LogP contribution is -2.35. The number of para-hydroxylation sites is 1. The number of sulfonamides is 1. The SMILES string of the molecule is CNS(=O)(=O)c1ccccc1NCCNC(=O)OC(C)(C)C. The molecule has 7 nitrogen and oxygen atoms in total. The van der Waals surface area contributed by atoms with Crippen molar-refractivity contribution in [3.8, 4) is 0 Å². The number of nitrogens with one attached hydrogen (secondary N) is 3. The minimum absolute atomic E-state index is 0.162. The van der Waals surface area contributed by atoms with Gasteiger partial charge in [0.1, 0.15) is 10.5 Å². The topological polar surface area (TPSA) is 96.5 Å². The Kier molecular flexibility index (Phi) is 6.19. The Balaban J connectivity index is 2.55.